The number of rotatable bonds is 11. The first-order valence-corrected chi connectivity index (χ1v) is 28.6. The summed E-state index contributed by atoms with van der Waals surface area (Å²) in [5, 5.41) is 9.33. The summed E-state index contributed by atoms with van der Waals surface area (Å²) >= 11 is 1.85. The van der Waals surface area contributed by atoms with Gasteiger partial charge in [-0.15, -0.1) is 11.3 Å². The van der Waals surface area contributed by atoms with E-state index in [-0.39, 0.29) is 0 Å². The van der Waals surface area contributed by atoms with Crippen LogP contribution >= 0.6 is 11.3 Å². The van der Waals surface area contributed by atoms with Crippen molar-refractivity contribution in [3.8, 4) is 16.8 Å². The van der Waals surface area contributed by atoms with Gasteiger partial charge < -0.3 is 23.7 Å². The highest BCUT2D eigenvalue weighted by Gasteiger charge is 2.26. The van der Waals surface area contributed by atoms with Gasteiger partial charge in [-0.3, -0.25) is 0 Å². The lowest BCUT2D eigenvalue weighted by molar-refractivity contribution is 0.669. The molecule has 0 aliphatic rings. The van der Waals surface area contributed by atoms with Crippen LogP contribution in [0.4, 0.5) is 51.2 Å². The third kappa shape index (κ3) is 7.99. The minimum atomic E-state index is 0.862. The van der Waals surface area contributed by atoms with Crippen LogP contribution in [0.15, 0.2) is 308 Å². The fraction of sp³-hybridized carbons (Fsp3) is 0. The minimum absolute atomic E-state index is 0.862. The van der Waals surface area contributed by atoms with Gasteiger partial charge in [0.1, 0.15) is 11.2 Å². The lowest BCUT2D eigenvalue weighted by atomic mass is 10.0. The summed E-state index contributed by atoms with van der Waals surface area (Å²) in [6, 6.07) is 110. The second-order valence-corrected chi connectivity index (χ2v) is 21.9. The predicted octanol–water partition coefficient (Wildman–Crippen LogP) is 22.3. The molecule has 0 amide bonds. The third-order valence-electron chi connectivity index (χ3n) is 16.1. The van der Waals surface area contributed by atoms with Gasteiger partial charge in [0, 0.05) is 82.5 Å². The van der Waals surface area contributed by atoms with Crippen LogP contribution in [-0.4, -0.2) is 4.57 Å². The topological polar surface area (TPSA) is 27.8 Å². The lowest BCUT2D eigenvalue weighted by Crippen LogP contribution is -2.13. The molecular formula is C76H50N4OS. The van der Waals surface area contributed by atoms with Gasteiger partial charge >= 0.3 is 0 Å². The average Bonchev–Trinajstić information content (AvgIpc) is 3.90. The molecule has 0 atom stereocenters. The molecule has 16 aromatic rings. The van der Waals surface area contributed by atoms with Crippen LogP contribution in [-0.2, 0) is 0 Å². The van der Waals surface area contributed by atoms with Crippen molar-refractivity contribution in [3.05, 3.63) is 303 Å². The monoisotopic (exact) mass is 1070 g/mol. The fourth-order valence-corrected chi connectivity index (χ4v) is 13.6. The van der Waals surface area contributed by atoms with Crippen molar-refractivity contribution in [2.45, 2.75) is 0 Å². The zero-order valence-electron chi connectivity index (χ0n) is 44.5. The van der Waals surface area contributed by atoms with Crippen LogP contribution in [0, 0.1) is 0 Å². The van der Waals surface area contributed by atoms with E-state index >= 15 is 0 Å². The number of para-hydroxylation sites is 6. The SMILES string of the molecule is c1ccc(N(c2ccc3ccccc3c2)c2cc(N(c3ccccc3)c3ccc4oc5ccccc5c4c3)c3sc4ccc(-c5cccc(N(c6ccccc6)c6cccc7c6c6ccccc6n7-c6ccccc6)c5)cc4c3c2)cc1. The van der Waals surface area contributed by atoms with E-state index in [2.05, 4.69) is 317 Å². The minimum Gasteiger partial charge on any atom is -0.456 e. The summed E-state index contributed by atoms with van der Waals surface area (Å²) in [5.74, 6) is 0. The molecule has 0 saturated carbocycles. The van der Waals surface area contributed by atoms with Gasteiger partial charge in [0.25, 0.3) is 0 Å². The van der Waals surface area contributed by atoms with Crippen molar-refractivity contribution < 1.29 is 4.42 Å². The normalized spacial score (nSPS) is 11.7. The number of hydrogen-bond donors (Lipinski definition) is 0. The highest BCUT2D eigenvalue weighted by molar-refractivity contribution is 7.26. The van der Waals surface area contributed by atoms with Crippen molar-refractivity contribution >= 4 is 137 Å². The Labute approximate surface area is 478 Å². The standard InChI is InChI=1S/C76H50N4OS/c1-5-24-55(25-6-1)77(60-41-39-51-21-13-14-22-52(51)45-60)62-49-67-66-47-54(40-44-74(66)82-76(67)71(50-62)79(57-28-9-3-10-29-57)61-42-43-73-65(48-61)63-33-16-18-38-72(63)81-73)53-23-19-32-59(46-53)78(56-26-7-2-8-27-56)69-36-20-37-70-75(69)64-34-15-17-35-68(64)80(70)58-30-11-4-12-31-58/h1-50H. The maximum atomic E-state index is 6.42. The average molecular weight is 1070 g/mol. The molecule has 0 aliphatic heterocycles. The maximum Gasteiger partial charge on any atom is 0.135 e. The van der Waals surface area contributed by atoms with Crippen molar-refractivity contribution in [2.75, 3.05) is 14.7 Å². The Balaban J connectivity index is 0.913. The molecule has 0 N–H and O–H groups in total. The first kappa shape index (κ1) is 47.3. The van der Waals surface area contributed by atoms with Crippen LogP contribution in [0.2, 0.25) is 0 Å². The molecular weight excluding hydrogens is 1020 g/mol. The number of fused-ring (bicyclic) bond motifs is 10. The summed E-state index contributed by atoms with van der Waals surface area (Å²) in [6.07, 6.45) is 0. The summed E-state index contributed by atoms with van der Waals surface area (Å²) in [5.41, 5.74) is 17.1. The van der Waals surface area contributed by atoms with Crippen LogP contribution < -0.4 is 14.7 Å². The van der Waals surface area contributed by atoms with E-state index in [0.717, 1.165) is 95.5 Å². The molecule has 0 spiro atoms. The molecule has 386 valence electrons. The van der Waals surface area contributed by atoms with Crippen LogP contribution in [0.25, 0.3) is 91.5 Å². The molecule has 6 heteroatoms. The van der Waals surface area contributed by atoms with E-state index in [1.165, 1.54) is 47.2 Å². The van der Waals surface area contributed by atoms with Gasteiger partial charge in [0.05, 0.1) is 27.1 Å². The molecule has 13 aromatic carbocycles. The molecule has 0 fully saturated rings. The second kappa shape index (κ2) is 19.6. The number of furan rings is 1. The Morgan fingerprint density at radius 2 is 0.854 bits per heavy atom. The molecule has 0 unspecified atom stereocenters. The number of hydrogen-bond acceptors (Lipinski definition) is 5. The maximum absolute atomic E-state index is 6.42. The van der Waals surface area contributed by atoms with Crippen LogP contribution in [0.1, 0.15) is 0 Å². The molecule has 3 aromatic heterocycles. The van der Waals surface area contributed by atoms with Gasteiger partial charge in [0.15, 0.2) is 0 Å². The summed E-state index contributed by atoms with van der Waals surface area (Å²) in [7, 11) is 0. The molecule has 0 radical (unpaired) electrons. The first-order valence-electron chi connectivity index (χ1n) is 27.8. The summed E-state index contributed by atoms with van der Waals surface area (Å²) < 4.78 is 11.2. The second-order valence-electron chi connectivity index (χ2n) is 20.9. The molecule has 0 aliphatic carbocycles. The predicted molar refractivity (Wildman–Crippen MR) is 348 cm³/mol. The van der Waals surface area contributed by atoms with Crippen molar-refractivity contribution in [1.29, 1.82) is 0 Å². The highest BCUT2D eigenvalue weighted by Crippen LogP contribution is 2.51. The van der Waals surface area contributed by atoms with E-state index < -0.39 is 0 Å². The van der Waals surface area contributed by atoms with E-state index in [1.807, 2.05) is 17.4 Å². The van der Waals surface area contributed by atoms with Gasteiger partial charge in [-0.05, 0) is 161 Å². The highest BCUT2D eigenvalue weighted by atomic mass is 32.1. The summed E-state index contributed by atoms with van der Waals surface area (Å²) in [6.45, 7) is 0. The van der Waals surface area contributed by atoms with E-state index in [1.54, 1.807) is 0 Å². The first-order chi connectivity index (χ1) is 40.7. The Morgan fingerprint density at radius 3 is 1.63 bits per heavy atom. The number of anilines is 9. The molecule has 5 nitrogen and oxygen atoms in total. The lowest BCUT2D eigenvalue weighted by Gasteiger charge is -2.30. The fourth-order valence-electron chi connectivity index (χ4n) is 12.4. The zero-order chi connectivity index (χ0) is 54.1. The molecule has 0 bridgehead atoms. The number of nitrogens with zero attached hydrogens (tertiary/aromatic N) is 4. The Kier molecular flexibility index (Phi) is 11.3. The van der Waals surface area contributed by atoms with E-state index in [4.69, 9.17) is 4.42 Å². The van der Waals surface area contributed by atoms with E-state index in [9.17, 15) is 0 Å². The largest absolute Gasteiger partial charge is 0.456 e. The van der Waals surface area contributed by atoms with Crippen molar-refractivity contribution in [2.24, 2.45) is 0 Å². The number of aromatic nitrogens is 1. The van der Waals surface area contributed by atoms with Crippen LogP contribution in [0.3, 0.4) is 0 Å². The van der Waals surface area contributed by atoms with E-state index in [0.29, 0.717) is 0 Å². The van der Waals surface area contributed by atoms with Gasteiger partial charge in [-0.25, -0.2) is 0 Å². The van der Waals surface area contributed by atoms with Gasteiger partial charge in [-0.1, -0.05) is 164 Å². The molecule has 0 saturated heterocycles. The third-order valence-corrected chi connectivity index (χ3v) is 17.3. The van der Waals surface area contributed by atoms with Gasteiger partial charge in [-0.2, -0.15) is 0 Å². The smallest absolute Gasteiger partial charge is 0.135 e. The Hall–Kier alpha value is -10.7. The van der Waals surface area contributed by atoms with Gasteiger partial charge in [0.2, 0.25) is 0 Å². The number of thiophene rings is 1. The quantitative estimate of drug-likeness (QED) is 0.129. The Bertz CT molecular complexity index is 5070. The molecule has 16 rings (SSSR count). The summed E-state index contributed by atoms with van der Waals surface area (Å²) in [4.78, 5) is 7.28. The van der Waals surface area contributed by atoms with Crippen LogP contribution in [0.5, 0.6) is 0 Å². The number of benzene rings is 13. The van der Waals surface area contributed by atoms with Crippen molar-refractivity contribution in [3.63, 3.8) is 0 Å². The van der Waals surface area contributed by atoms with Crippen molar-refractivity contribution in [1.82, 2.24) is 4.57 Å². The molecule has 82 heavy (non-hydrogen) atoms. The molecule has 3 heterocycles. The Morgan fingerprint density at radius 1 is 0.293 bits per heavy atom. The zero-order valence-corrected chi connectivity index (χ0v) is 45.3.